The Labute approximate surface area is 136 Å². The predicted molar refractivity (Wildman–Crippen MR) is 96.7 cm³/mol. The molecule has 0 saturated carbocycles. The highest BCUT2D eigenvalue weighted by Gasteiger charge is 2.12. The normalized spacial score (nSPS) is 11.7. The summed E-state index contributed by atoms with van der Waals surface area (Å²) in [4.78, 5) is 12.8. The molecule has 114 valence electrons. The molecule has 0 spiro atoms. The van der Waals surface area contributed by atoms with Crippen molar-refractivity contribution in [1.82, 2.24) is 0 Å². The van der Waals surface area contributed by atoms with E-state index >= 15 is 0 Å². The molecule has 3 heteroatoms. The number of rotatable bonds is 0. The lowest BCUT2D eigenvalue weighted by molar-refractivity contribution is 0.482. The van der Waals surface area contributed by atoms with Crippen molar-refractivity contribution in [2.75, 3.05) is 0 Å². The summed E-state index contributed by atoms with van der Waals surface area (Å²) in [5.74, 6) is 0.182. The van der Waals surface area contributed by atoms with Gasteiger partial charge >= 0.3 is 0 Å². The Morgan fingerprint density at radius 3 is 2.29 bits per heavy atom. The van der Waals surface area contributed by atoms with Crippen LogP contribution in [0.25, 0.3) is 43.5 Å². The maximum Gasteiger partial charge on any atom is 0.200 e. The summed E-state index contributed by atoms with van der Waals surface area (Å²) in [5.41, 5.74) is 0.979. The van der Waals surface area contributed by atoms with Crippen molar-refractivity contribution in [3.63, 3.8) is 0 Å². The van der Waals surface area contributed by atoms with Crippen LogP contribution in [-0.2, 0) is 0 Å². The number of hydrogen-bond acceptors (Lipinski definition) is 3. The maximum absolute atomic E-state index is 12.8. The minimum Gasteiger partial charge on any atom is -0.507 e. The molecule has 1 N–H and O–H groups in total. The summed E-state index contributed by atoms with van der Waals surface area (Å²) in [6.07, 6.45) is 0. The van der Waals surface area contributed by atoms with E-state index < -0.39 is 0 Å². The molecule has 0 bridgehead atoms. The molecule has 4 aromatic carbocycles. The second-order valence-corrected chi connectivity index (χ2v) is 5.94. The fourth-order valence-corrected chi connectivity index (χ4v) is 3.38. The van der Waals surface area contributed by atoms with E-state index in [-0.39, 0.29) is 11.2 Å². The summed E-state index contributed by atoms with van der Waals surface area (Å²) >= 11 is 0. The van der Waals surface area contributed by atoms with Gasteiger partial charge in [-0.3, -0.25) is 4.79 Å². The van der Waals surface area contributed by atoms with E-state index in [1.165, 1.54) is 0 Å². The highest BCUT2D eigenvalue weighted by Crippen LogP contribution is 2.35. The molecule has 1 aromatic heterocycles. The van der Waals surface area contributed by atoms with Crippen molar-refractivity contribution in [3.05, 3.63) is 77.0 Å². The minimum absolute atomic E-state index is 0.0545. The molecule has 5 aromatic rings. The molecule has 24 heavy (non-hydrogen) atoms. The largest absolute Gasteiger partial charge is 0.507 e. The second kappa shape index (κ2) is 4.59. The van der Waals surface area contributed by atoms with Crippen LogP contribution in [0, 0.1) is 0 Å². The molecular formula is C21H12O3. The first-order chi connectivity index (χ1) is 11.7. The van der Waals surface area contributed by atoms with Gasteiger partial charge in [0.05, 0.1) is 10.8 Å². The second-order valence-electron chi connectivity index (χ2n) is 5.94. The van der Waals surface area contributed by atoms with Crippen molar-refractivity contribution in [1.29, 1.82) is 0 Å². The predicted octanol–water partition coefficient (Wildman–Crippen LogP) is 4.96. The quantitative estimate of drug-likeness (QED) is 0.325. The number of fused-ring (bicyclic) bond motifs is 5. The third-order valence-corrected chi connectivity index (χ3v) is 4.54. The van der Waals surface area contributed by atoms with E-state index in [1.807, 2.05) is 42.5 Å². The fourth-order valence-electron chi connectivity index (χ4n) is 3.38. The van der Waals surface area contributed by atoms with Crippen LogP contribution in [0.3, 0.4) is 0 Å². The number of phenolic OH excluding ortho intramolecular Hbond substituents is 1. The van der Waals surface area contributed by atoms with Gasteiger partial charge in [-0.15, -0.1) is 0 Å². The third kappa shape index (κ3) is 1.69. The number of aromatic hydroxyl groups is 1. The van der Waals surface area contributed by atoms with Crippen molar-refractivity contribution in [2.24, 2.45) is 0 Å². The van der Waals surface area contributed by atoms with Gasteiger partial charge < -0.3 is 9.52 Å². The van der Waals surface area contributed by atoms with E-state index in [9.17, 15) is 9.90 Å². The zero-order valence-corrected chi connectivity index (χ0v) is 12.6. The maximum atomic E-state index is 12.8. The molecule has 5 rings (SSSR count). The van der Waals surface area contributed by atoms with Crippen LogP contribution in [-0.4, -0.2) is 5.11 Å². The average Bonchev–Trinajstić information content (AvgIpc) is 2.61. The summed E-state index contributed by atoms with van der Waals surface area (Å²) in [6.45, 7) is 0. The van der Waals surface area contributed by atoms with E-state index in [0.29, 0.717) is 27.3 Å². The Bertz CT molecular complexity index is 1330. The lowest BCUT2D eigenvalue weighted by Gasteiger charge is -2.08. The van der Waals surface area contributed by atoms with Crippen molar-refractivity contribution < 1.29 is 9.52 Å². The Morgan fingerprint density at radius 2 is 1.42 bits per heavy atom. The first-order valence-electron chi connectivity index (χ1n) is 7.72. The standard InChI is InChI=1S/C21H12O3/c22-18-9-12-5-1-2-6-13(12)15-10-17-20(11-16(15)18)24-19-8-4-3-7-14(19)21(17)23/h1-11,22H. The highest BCUT2D eigenvalue weighted by molar-refractivity contribution is 6.14. The molecule has 0 fully saturated rings. The lowest BCUT2D eigenvalue weighted by atomic mass is 9.99. The van der Waals surface area contributed by atoms with E-state index in [1.54, 1.807) is 24.3 Å². The average molecular weight is 312 g/mol. The summed E-state index contributed by atoms with van der Waals surface area (Å²) < 4.78 is 5.89. The topological polar surface area (TPSA) is 50.4 Å². The zero-order valence-electron chi connectivity index (χ0n) is 12.6. The van der Waals surface area contributed by atoms with Crippen molar-refractivity contribution in [3.8, 4) is 5.75 Å². The number of phenols is 1. The number of para-hydroxylation sites is 1. The highest BCUT2D eigenvalue weighted by atomic mass is 16.3. The molecule has 3 nitrogen and oxygen atoms in total. The minimum atomic E-state index is -0.0545. The Balaban J connectivity index is 2.07. The van der Waals surface area contributed by atoms with Crippen LogP contribution >= 0.6 is 0 Å². The molecule has 0 amide bonds. The van der Waals surface area contributed by atoms with Gasteiger partial charge in [-0.2, -0.15) is 0 Å². The summed E-state index contributed by atoms with van der Waals surface area (Å²) in [5, 5.41) is 14.9. The van der Waals surface area contributed by atoms with E-state index in [0.717, 1.165) is 16.2 Å². The van der Waals surface area contributed by atoms with Crippen molar-refractivity contribution in [2.45, 2.75) is 0 Å². The lowest BCUT2D eigenvalue weighted by Crippen LogP contribution is -2.01. The fraction of sp³-hybridized carbons (Fsp3) is 0. The molecular weight excluding hydrogens is 300 g/mol. The molecule has 0 saturated heterocycles. The van der Waals surface area contributed by atoms with Crippen LogP contribution < -0.4 is 5.43 Å². The van der Waals surface area contributed by atoms with E-state index in [2.05, 4.69) is 0 Å². The molecule has 0 unspecified atom stereocenters. The Hall–Kier alpha value is -3.33. The van der Waals surface area contributed by atoms with Gasteiger partial charge in [0, 0.05) is 5.39 Å². The van der Waals surface area contributed by atoms with E-state index in [4.69, 9.17) is 4.42 Å². The molecule has 1 heterocycles. The van der Waals surface area contributed by atoms with Crippen LogP contribution in [0.15, 0.2) is 75.9 Å². The van der Waals surface area contributed by atoms with Gasteiger partial charge in [0.1, 0.15) is 16.9 Å². The zero-order chi connectivity index (χ0) is 16.3. The monoisotopic (exact) mass is 312 g/mol. The molecule has 0 aliphatic heterocycles. The van der Waals surface area contributed by atoms with Gasteiger partial charge in [-0.25, -0.2) is 0 Å². The third-order valence-electron chi connectivity index (χ3n) is 4.54. The Kier molecular flexibility index (Phi) is 2.51. The number of hydrogen-bond donors (Lipinski definition) is 1. The van der Waals surface area contributed by atoms with Gasteiger partial charge in [0.15, 0.2) is 0 Å². The SMILES string of the molecule is O=c1c2ccccc2oc2cc3c(O)cc4ccccc4c3cc12. The Morgan fingerprint density at radius 1 is 0.667 bits per heavy atom. The summed E-state index contributed by atoms with van der Waals surface area (Å²) in [7, 11) is 0. The van der Waals surface area contributed by atoms with Crippen LogP contribution in [0.1, 0.15) is 0 Å². The van der Waals surface area contributed by atoms with Gasteiger partial charge in [0.2, 0.25) is 5.43 Å². The van der Waals surface area contributed by atoms with Crippen molar-refractivity contribution >= 4 is 43.5 Å². The molecule has 0 aliphatic carbocycles. The summed E-state index contributed by atoms with van der Waals surface area (Å²) in [6, 6.07) is 20.3. The smallest absolute Gasteiger partial charge is 0.200 e. The van der Waals surface area contributed by atoms with Crippen LogP contribution in [0.4, 0.5) is 0 Å². The molecule has 0 aliphatic rings. The van der Waals surface area contributed by atoms with Gasteiger partial charge in [-0.1, -0.05) is 36.4 Å². The van der Waals surface area contributed by atoms with Crippen LogP contribution in [0.5, 0.6) is 5.75 Å². The first-order valence-corrected chi connectivity index (χ1v) is 7.72. The van der Waals surface area contributed by atoms with Crippen LogP contribution in [0.2, 0.25) is 0 Å². The molecule has 0 atom stereocenters. The number of benzene rings is 4. The molecule has 0 radical (unpaired) electrons. The first kappa shape index (κ1) is 13.1. The van der Waals surface area contributed by atoms with Gasteiger partial charge in [-0.05, 0) is 46.5 Å². The van der Waals surface area contributed by atoms with Gasteiger partial charge in [0.25, 0.3) is 0 Å².